The van der Waals surface area contributed by atoms with Gasteiger partial charge in [0.15, 0.2) is 5.96 Å². The predicted molar refractivity (Wildman–Crippen MR) is 105 cm³/mol. The molecule has 5 nitrogen and oxygen atoms in total. The molecule has 124 valence electrons. The first-order valence-electron chi connectivity index (χ1n) is 7.14. The van der Waals surface area contributed by atoms with E-state index in [4.69, 9.17) is 10.5 Å². The van der Waals surface area contributed by atoms with E-state index in [1.54, 1.807) is 12.1 Å². The van der Waals surface area contributed by atoms with E-state index in [1.165, 1.54) is 0 Å². The molecule has 0 aliphatic heterocycles. The smallest absolute Gasteiger partial charge is 0.193 e. The van der Waals surface area contributed by atoms with Gasteiger partial charge in [0.25, 0.3) is 0 Å². The van der Waals surface area contributed by atoms with Crippen molar-refractivity contribution < 1.29 is 9.84 Å². The number of aromatic hydroxyl groups is 1. The molecular weight excluding hydrogens is 405 g/mol. The fourth-order valence-corrected chi connectivity index (χ4v) is 1.85. The van der Waals surface area contributed by atoms with Gasteiger partial charge in [-0.2, -0.15) is 0 Å². The SMILES string of the molecule is CC(C)Oc1ccc(NC(N)=NCc2ccc(O)cc2)cc1.I. The van der Waals surface area contributed by atoms with Gasteiger partial charge in [-0.05, 0) is 55.8 Å². The maximum absolute atomic E-state index is 9.22. The lowest BCUT2D eigenvalue weighted by Gasteiger charge is -2.11. The van der Waals surface area contributed by atoms with Crippen molar-refractivity contribution in [3.05, 3.63) is 54.1 Å². The van der Waals surface area contributed by atoms with E-state index in [9.17, 15) is 5.11 Å². The van der Waals surface area contributed by atoms with Crippen molar-refractivity contribution >= 4 is 35.6 Å². The van der Waals surface area contributed by atoms with Gasteiger partial charge in [-0.1, -0.05) is 12.1 Å². The first kappa shape index (κ1) is 19.1. The summed E-state index contributed by atoms with van der Waals surface area (Å²) in [6.45, 7) is 4.42. The van der Waals surface area contributed by atoms with Crippen LogP contribution in [-0.2, 0) is 6.54 Å². The van der Waals surface area contributed by atoms with Crippen molar-refractivity contribution in [3.63, 3.8) is 0 Å². The largest absolute Gasteiger partial charge is 0.508 e. The van der Waals surface area contributed by atoms with Crippen molar-refractivity contribution in [2.24, 2.45) is 10.7 Å². The molecule has 0 aromatic heterocycles. The Balaban J connectivity index is 0.00000264. The van der Waals surface area contributed by atoms with Gasteiger partial charge in [0.2, 0.25) is 0 Å². The van der Waals surface area contributed by atoms with Gasteiger partial charge in [0, 0.05) is 5.69 Å². The van der Waals surface area contributed by atoms with Gasteiger partial charge < -0.3 is 20.9 Å². The van der Waals surface area contributed by atoms with Crippen LogP contribution in [0.1, 0.15) is 19.4 Å². The van der Waals surface area contributed by atoms with Crippen LogP contribution < -0.4 is 15.8 Å². The van der Waals surface area contributed by atoms with Gasteiger partial charge in [-0.15, -0.1) is 24.0 Å². The molecule has 0 atom stereocenters. The highest BCUT2D eigenvalue weighted by molar-refractivity contribution is 14.0. The third-order valence-corrected chi connectivity index (χ3v) is 2.87. The minimum atomic E-state index is 0. The molecule has 0 aliphatic carbocycles. The lowest BCUT2D eigenvalue weighted by atomic mass is 10.2. The zero-order valence-electron chi connectivity index (χ0n) is 13.2. The Morgan fingerprint density at radius 2 is 1.74 bits per heavy atom. The van der Waals surface area contributed by atoms with E-state index in [1.807, 2.05) is 50.2 Å². The Morgan fingerprint density at radius 1 is 1.13 bits per heavy atom. The number of ether oxygens (including phenoxy) is 1. The van der Waals surface area contributed by atoms with E-state index in [0.29, 0.717) is 12.5 Å². The minimum Gasteiger partial charge on any atom is -0.508 e. The second-order valence-electron chi connectivity index (χ2n) is 5.18. The molecule has 0 fully saturated rings. The van der Waals surface area contributed by atoms with E-state index in [-0.39, 0.29) is 35.8 Å². The van der Waals surface area contributed by atoms with Crippen LogP contribution in [0.25, 0.3) is 0 Å². The summed E-state index contributed by atoms with van der Waals surface area (Å²) in [6, 6.07) is 14.4. The molecule has 2 rings (SSSR count). The number of nitrogens with two attached hydrogens (primary N) is 1. The molecule has 0 heterocycles. The molecule has 0 aliphatic rings. The molecule has 23 heavy (non-hydrogen) atoms. The Labute approximate surface area is 153 Å². The summed E-state index contributed by atoms with van der Waals surface area (Å²) in [5.41, 5.74) is 7.69. The summed E-state index contributed by atoms with van der Waals surface area (Å²) >= 11 is 0. The average Bonchev–Trinajstić information content (AvgIpc) is 2.48. The molecule has 0 radical (unpaired) electrons. The number of nitrogens with one attached hydrogen (secondary N) is 1. The maximum atomic E-state index is 9.22. The first-order valence-corrected chi connectivity index (χ1v) is 7.14. The minimum absolute atomic E-state index is 0. The lowest BCUT2D eigenvalue weighted by Crippen LogP contribution is -2.22. The van der Waals surface area contributed by atoms with Gasteiger partial charge >= 0.3 is 0 Å². The molecule has 2 aromatic carbocycles. The van der Waals surface area contributed by atoms with E-state index in [2.05, 4.69) is 10.3 Å². The number of aliphatic imine (C=N–C) groups is 1. The Hall–Kier alpha value is -1.96. The number of hydrogen-bond donors (Lipinski definition) is 3. The van der Waals surface area contributed by atoms with Crippen molar-refractivity contribution in [2.75, 3.05) is 5.32 Å². The number of rotatable bonds is 5. The van der Waals surface area contributed by atoms with Crippen LogP contribution >= 0.6 is 24.0 Å². The number of phenols is 1. The molecule has 0 saturated carbocycles. The zero-order chi connectivity index (χ0) is 15.9. The molecule has 0 unspecified atom stereocenters. The fraction of sp³-hybridized carbons (Fsp3) is 0.235. The normalized spacial score (nSPS) is 11.0. The van der Waals surface area contributed by atoms with E-state index in [0.717, 1.165) is 17.0 Å². The highest BCUT2D eigenvalue weighted by Gasteiger charge is 1.99. The quantitative estimate of drug-likeness (QED) is 0.386. The lowest BCUT2D eigenvalue weighted by molar-refractivity contribution is 0.242. The van der Waals surface area contributed by atoms with Gasteiger partial charge in [0.1, 0.15) is 11.5 Å². The third-order valence-electron chi connectivity index (χ3n) is 2.87. The highest BCUT2D eigenvalue weighted by Crippen LogP contribution is 2.16. The van der Waals surface area contributed by atoms with E-state index >= 15 is 0 Å². The topological polar surface area (TPSA) is 79.9 Å². The van der Waals surface area contributed by atoms with Crippen molar-refractivity contribution in [1.29, 1.82) is 0 Å². The van der Waals surface area contributed by atoms with Crippen molar-refractivity contribution in [1.82, 2.24) is 0 Å². The molecule has 0 amide bonds. The standard InChI is InChI=1S/C17H21N3O2.HI/c1-12(2)22-16-9-5-14(6-10-16)20-17(18)19-11-13-3-7-15(21)8-4-13;/h3-10,12,21H,11H2,1-2H3,(H3,18,19,20);1H. The Kier molecular flexibility index (Phi) is 7.67. The summed E-state index contributed by atoms with van der Waals surface area (Å²) in [5.74, 6) is 1.40. The van der Waals surface area contributed by atoms with Gasteiger partial charge in [0.05, 0.1) is 12.6 Å². The monoisotopic (exact) mass is 427 g/mol. The van der Waals surface area contributed by atoms with Crippen molar-refractivity contribution in [3.8, 4) is 11.5 Å². The van der Waals surface area contributed by atoms with Crippen LogP contribution in [0.15, 0.2) is 53.5 Å². The fourth-order valence-electron chi connectivity index (χ4n) is 1.85. The average molecular weight is 427 g/mol. The summed E-state index contributed by atoms with van der Waals surface area (Å²) in [4.78, 5) is 4.26. The van der Waals surface area contributed by atoms with Gasteiger partial charge in [-0.3, -0.25) is 0 Å². The molecule has 0 spiro atoms. The highest BCUT2D eigenvalue weighted by atomic mass is 127. The van der Waals surface area contributed by atoms with Gasteiger partial charge in [-0.25, -0.2) is 4.99 Å². The van der Waals surface area contributed by atoms with Crippen LogP contribution in [0.3, 0.4) is 0 Å². The first-order chi connectivity index (χ1) is 10.5. The predicted octanol–water partition coefficient (Wildman–Crippen LogP) is 3.72. The van der Waals surface area contributed by atoms with Crippen LogP contribution in [0.4, 0.5) is 5.69 Å². The number of halogens is 1. The second-order valence-corrected chi connectivity index (χ2v) is 5.18. The molecular formula is C17H22IN3O2. The Bertz CT molecular complexity index is 625. The second kappa shape index (κ2) is 9.24. The summed E-state index contributed by atoms with van der Waals surface area (Å²) in [5, 5.41) is 12.2. The van der Waals surface area contributed by atoms with Crippen LogP contribution in [0, 0.1) is 0 Å². The third kappa shape index (κ3) is 6.77. The molecule has 6 heteroatoms. The van der Waals surface area contributed by atoms with Crippen LogP contribution in [-0.4, -0.2) is 17.2 Å². The number of hydrogen-bond acceptors (Lipinski definition) is 3. The molecule has 4 N–H and O–H groups in total. The molecule has 0 bridgehead atoms. The maximum Gasteiger partial charge on any atom is 0.193 e. The number of guanidine groups is 1. The number of nitrogens with zero attached hydrogens (tertiary/aromatic N) is 1. The Morgan fingerprint density at radius 3 is 2.30 bits per heavy atom. The molecule has 0 saturated heterocycles. The summed E-state index contributed by atoms with van der Waals surface area (Å²) in [6.07, 6.45) is 0.149. The summed E-state index contributed by atoms with van der Waals surface area (Å²) < 4.78 is 5.58. The van der Waals surface area contributed by atoms with E-state index < -0.39 is 0 Å². The number of phenolic OH excluding ortho intramolecular Hbond substituents is 1. The number of anilines is 1. The van der Waals surface area contributed by atoms with Crippen LogP contribution in [0.5, 0.6) is 11.5 Å². The molecule has 2 aromatic rings. The van der Waals surface area contributed by atoms with Crippen LogP contribution in [0.2, 0.25) is 0 Å². The zero-order valence-corrected chi connectivity index (χ0v) is 15.5. The summed E-state index contributed by atoms with van der Waals surface area (Å²) in [7, 11) is 0. The number of benzene rings is 2. The van der Waals surface area contributed by atoms with Crippen molar-refractivity contribution in [2.45, 2.75) is 26.5 Å².